The SMILES string of the molecule is C/C=C(C)/C=C/C=C/C(OC)C(C)C(COC)C(C)CCc1oc2c(OC)c(OC)cc(OC)c2c(=O)c1C. The lowest BCUT2D eigenvalue weighted by Crippen LogP contribution is -2.33. The van der Waals surface area contributed by atoms with Crippen LogP contribution >= 0.6 is 0 Å². The van der Waals surface area contributed by atoms with Crippen molar-refractivity contribution in [3.8, 4) is 17.2 Å². The molecule has 216 valence electrons. The van der Waals surface area contributed by atoms with Crippen molar-refractivity contribution in [2.75, 3.05) is 42.2 Å². The molecule has 0 fully saturated rings. The Bertz CT molecular complexity index is 1220. The molecule has 0 spiro atoms. The summed E-state index contributed by atoms with van der Waals surface area (Å²) in [5, 5.41) is 0.351. The van der Waals surface area contributed by atoms with E-state index in [1.54, 1.807) is 27.2 Å². The highest BCUT2D eigenvalue weighted by molar-refractivity contribution is 5.91. The number of rotatable bonds is 15. The molecule has 2 rings (SSSR count). The Balaban J connectivity index is 2.34. The van der Waals surface area contributed by atoms with E-state index in [0.717, 1.165) is 6.42 Å². The van der Waals surface area contributed by atoms with Crippen LogP contribution in [-0.2, 0) is 15.9 Å². The molecule has 0 saturated carbocycles. The van der Waals surface area contributed by atoms with Gasteiger partial charge in [-0.2, -0.15) is 0 Å². The molecule has 0 bridgehead atoms. The molecule has 0 radical (unpaired) electrons. The van der Waals surface area contributed by atoms with Crippen LogP contribution in [0.1, 0.15) is 45.4 Å². The van der Waals surface area contributed by atoms with Crippen LogP contribution in [0.5, 0.6) is 17.2 Å². The number of benzene rings is 1. The third kappa shape index (κ3) is 7.76. The first-order chi connectivity index (χ1) is 18.7. The van der Waals surface area contributed by atoms with Crippen molar-refractivity contribution in [2.45, 2.75) is 53.6 Å². The Morgan fingerprint density at radius 2 is 1.72 bits per heavy atom. The molecular formula is C32H46O7. The van der Waals surface area contributed by atoms with Gasteiger partial charge in [-0.05, 0) is 44.9 Å². The summed E-state index contributed by atoms with van der Waals surface area (Å²) in [5.74, 6) is 2.54. The first-order valence-corrected chi connectivity index (χ1v) is 13.4. The van der Waals surface area contributed by atoms with Crippen molar-refractivity contribution in [3.63, 3.8) is 0 Å². The van der Waals surface area contributed by atoms with Crippen LogP contribution in [0.3, 0.4) is 0 Å². The van der Waals surface area contributed by atoms with Crippen LogP contribution in [0.2, 0.25) is 0 Å². The molecule has 1 heterocycles. The number of hydrogen-bond donors (Lipinski definition) is 0. The molecule has 2 aromatic rings. The van der Waals surface area contributed by atoms with Crippen LogP contribution in [0.15, 0.2) is 51.2 Å². The van der Waals surface area contributed by atoms with Gasteiger partial charge < -0.3 is 28.1 Å². The summed E-state index contributed by atoms with van der Waals surface area (Å²) in [7, 11) is 8.05. The largest absolute Gasteiger partial charge is 0.496 e. The van der Waals surface area contributed by atoms with Gasteiger partial charge in [-0.15, -0.1) is 0 Å². The minimum Gasteiger partial charge on any atom is -0.496 e. The van der Waals surface area contributed by atoms with Gasteiger partial charge in [-0.25, -0.2) is 0 Å². The molecule has 0 amide bonds. The van der Waals surface area contributed by atoms with Crippen LogP contribution in [-0.4, -0.2) is 48.3 Å². The summed E-state index contributed by atoms with van der Waals surface area (Å²) >= 11 is 0. The van der Waals surface area contributed by atoms with Crippen molar-refractivity contribution in [3.05, 3.63) is 63.6 Å². The van der Waals surface area contributed by atoms with E-state index in [9.17, 15) is 4.79 Å². The maximum Gasteiger partial charge on any atom is 0.205 e. The maximum absolute atomic E-state index is 13.4. The predicted molar refractivity (Wildman–Crippen MR) is 157 cm³/mol. The maximum atomic E-state index is 13.4. The molecule has 39 heavy (non-hydrogen) atoms. The molecule has 7 heteroatoms. The summed E-state index contributed by atoms with van der Waals surface area (Å²) in [4.78, 5) is 13.4. The average molecular weight is 543 g/mol. The topological polar surface area (TPSA) is 76.4 Å². The van der Waals surface area contributed by atoms with Crippen molar-refractivity contribution in [2.24, 2.45) is 17.8 Å². The Kier molecular flexibility index (Phi) is 12.8. The zero-order chi connectivity index (χ0) is 29.1. The molecule has 4 atom stereocenters. The molecule has 1 aromatic heterocycles. The lowest BCUT2D eigenvalue weighted by molar-refractivity contribution is 0.0178. The third-order valence-corrected chi connectivity index (χ3v) is 7.63. The molecule has 0 aliphatic rings. The molecule has 0 saturated heterocycles. The Morgan fingerprint density at radius 1 is 1.03 bits per heavy atom. The molecule has 4 unspecified atom stereocenters. The van der Waals surface area contributed by atoms with Gasteiger partial charge in [0.05, 0.1) is 27.4 Å². The number of aryl methyl sites for hydroxylation is 1. The molecule has 0 aliphatic heterocycles. The second-order valence-electron chi connectivity index (χ2n) is 9.97. The lowest BCUT2D eigenvalue weighted by Gasteiger charge is -2.32. The van der Waals surface area contributed by atoms with E-state index in [-0.39, 0.29) is 29.3 Å². The van der Waals surface area contributed by atoms with E-state index in [1.165, 1.54) is 26.9 Å². The summed E-state index contributed by atoms with van der Waals surface area (Å²) in [6.07, 6.45) is 11.6. The van der Waals surface area contributed by atoms with E-state index < -0.39 is 0 Å². The van der Waals surface area contributed by atoms with Crippen LogP contribution in [0.25, 0.3) is 11.0 Å². The molecular weight excluding hydrogens is 496 g/mol. The van der Waals surface area contributed by atoms with Gasteiger partial charge in [-0.1, -0.05) is 49.8 Å². The number of hydrogen-bond acceptors (Lipinski definition) is 7. The highest BCUT2D eigenvalue weighted by Gasteiger charge is 2.29. The number of ether oxygens (including phenoxy) is 5. The monoisotopic (exact) mass is 542 g/mol. The first-order valence-electron chi connectivity index (χ1n) is 13.4. The highest BCUT2D eigenvalue weighted by atomic mass is 16.5. The minimum atomic E-state index is -0.135. The summed E-state index contributed by atoms with van der Waals surface area (Å²) in [5.41, 5.74) is 1.97. The Labute approximate surface area is 233 Å². The first kappa shape index (κ1) is 32.2. The van der Waals surface area contributed by atoms with Gasteiger partial charge in [0.1, 0.15) is 16.9 Å². The number of allylic oxidation sites excluding steroid dienone is 5. The summed E-state index contributed by atoms with van der Waals surface area (Å²) < 4.78 is 34.3. The quantitative estimate of drug-likeness (QED) is 0.232. The van der Waals surface area contributed by atoms with Crippen molar-refractivity contribution in [1.29, 1.82) is 0 Å². The van der Waals surface area contributed by atoms with E-state index in [2.05, 4.69) is 39.0 Å². The molecule has 0 N–H and O–H groups in total. The van der Waals surface area contributed by atoms with Gasteiger partial charge in [0.15, 0.2) is 16.8 Å². The fraction of sp³-hybridized carbons (Fsp3) is 0.531. The number of fused-ring (bicyclic) bond motifs is 1. The van der Waals surface area contributed by atoms with Crippen LogP contribution < -0.4 is 19.6 Å². The Hall–Kier alpha value is -3.03. The minimum absolute atomic E-state index is 0.0623. The summed E-state index contributed by atoms with van der Waals surface area (Å²) in [6, 6.07) is 1.65. The van der Waals surface area contributed by atoms with Gasteiger partial charge in [0.25, 0.3) is 0 Å². The highest BCUT2D eigenvalue weighted by Crippen LogP contribution is 2.41. The van der Waals surface area contributed by atoms with Crippen molar-refractivity contribution in [1.82, 2.24) is 0 Å². The van der Waals surface area contributed by atoms with E-state index in [0.29, 0.717) is 52.6 Å². The van der Waals surface area contributed by atoms with Gasteiger partial charge in [-0.3, -0.25) is 4.79 Å². The normalized spacial score (nSPS) is 15.6. The van der Waals surface area contributed by atoms with Crippen LogP contribution in [0.4, 0.5) is 0 Å². The zero-order valence-electron chi connectivity index (χ0n) is 25.3. The van der Waals surface area contributed by atoms with E-state index in [1.807, 2.05) is 19.1 Å². The summed E-state index contributed by atoms with van der Waals surface area (Å²) in [6.45, 7) is 10.9. The van der Waals surface area contributed by atoms with Gasteiger partial charge in [0.2, 0.25) is 5.75 Å². The van der Waals surface area contributed by atoms with Gasteiger partial charge >= 0.3 is 0 Å². The average Bonchev–Trinajstić information content (AvgIpc) is 2.95. The molecule has 0 aliphatic carbocycles. The zero-order valence-corrected chi connectivity index (χ0v) is 25.3. The fourth-order valence-electron chi connectivity index (χ4n) is 4.95. The molecule has 7 nitrogen and oxygen atoms in total. The second kappa shape index (κ2) is 15.5. The fourth-order valence-corrected chi connectivity index (χ4v) is 4.95. The van der Waals surface area contributed by atoms with Crippen molar-refractivity contribution >= 4 is 11.0 Å². The van der Waals surface area contributed by atoms with E-state index >= 15 is 0 Å². The second-order valence-corrected chi connectivity index (χ2v) is 9.97. The lowest BCUT2D eigenvalue weighted by atomic mass is 9.78. The predicted octanol–water partition coefficient (Wildman–Crippen LogP) is 6.69. The molecule has 1 aromatic carbocycles. The Morgan fingerprint density at radius 3 is 2.28 bits per heavy atom. The smallest absolute Gasteiger partial charge is 0.205 e. The van der Waals surface area contributed by atoms with Crippen LogP contribution in [0, 0.1) is 24.7 Å². The number of methoxy groups -OCH3 is 5. The van der Waals surface area contributed by atoms with Crippen molar-refractivity contribution < 1.29 is 28.1 Å². The standard InChI is InChI=1S/C32H46O7/c1-11-20(2)14-12-13-15-25(35-7)22(4)24(19-34-6)21(3)16-17-26-23(5)30(33)29-27(36-8)18-28(37-9)31(38-10)32(29)39-26/h11-15,18,21-22,24-25H,16-17,19H2,1-10H3/b14-12+,15-13+,20-11+. The van der Waals surface area contributed by atoms with Gasteiger partial charge in [0, 0.05) is 38.9 Å². The van der Waals surface area contributed by atoms with E-state index in [4.69, 9.17) is 28.1 Å². The third-order valence-electron chi connectivity index (χ3n) is 7.63.